The van der Waals surface area contributed by atoms with E-state index in [1.807, 2.05) is 60.7 Å². The molecule has 1 atom stereocenters. The van der Waals surface area contributed by atoms with Crippen LogP contribution in [0.3, 0.4) is 0 Å². The maximum atomic E-state index is 13.2. The summed E-state index contributed by atoms with van der Waals surface area (Å²) in [5.41, 5.74) is 5.23. The number of carbonyl (C=O) groups is 1. The van der Waals surface area contributed by atoms with Gasteiger partial charge in [-0.05, 0) is 60.2 Å². The quantitative estimate of drug-likeness (QED) is 0.404. The number of rotatable bonds is 3. The maximum Gasteiger partial charge on any atom is 0.415 e. The number of hydrogen-bond acceptors (Lipinski definition) is 2. The van der Waals surface area contributed by atoms with Crippen molar-refractivity contribution in [3.05, 3.63) is 98.5 Å². The lowest BCUT2D eigenvalue weighted by Gasteiger charge is -2.37. The van der Waals surface area contributed by atoms with Crippen LogP contribution in [0.15, 0.2) is 71.2 Å². The van der Waals surface area contributed by atoms with Gasteiger partial charge in [0, 0.05) is 9.50 Å². The summed E-state index contributed by atoms with van der Waals surface area (Å²) in [6.07, 6.45) is 1.39. The van der Waals surface area contributed by atoms with E-state index in [2.05, 4.69) is 28.9 Å². The third kappa shape index (κ3) is 4.34. The molecule has 0 bridgehead atoms. The van der Waals surface area contributed by atoms with Crippen LogP contribution in [0, 0.1) is 6.92 Å². The van der Waals surface area contributed by atoms with Crippen molar-refractivity contribution < 1.29 is 9.53 Å². The molecule has 3 aromatic rings. The summed E-state index contributed by atoms with van der Waals surface area (Å²) in [5.74, 6) is 0. The Bertz CT molecular complexity index is 1020. The van der Waals surface area contributed by atoms with Crippen molar-refractivity contribution in [3.63, 3.8) is 0 Å². The Balaban J connectivity index is 1.68. The molecule has 3 nitrogen and oxygen atoms in total. The van der Waals surface area contributed by atoms with Gasteiger partial charge in [-0.1, -0.05) is 76.1 Å². The summed E-state index contributed by atoms with van der Waals surface area (Å²) in [6, 6.07) is 21.5. The van der Waals surface area contributed by atoms with Gasteiger partial charge in [0.25, 0.3) is 0 Å². The van der Waals surface area contributed by atoms with Crippen LogP contribution >= 0.6 is 27.5 Å². The molecule has 3 aromatic carbocycles. The molecule has 148 valence electrons. The van der Waals surface area contributed by atoms with Crippen LogP contribution < -0.4 is 4.90 Å². The summed E-state index contributed by atoms with van der Waals surface area (Å²) >= 11 is 9.69. The van der Waals surface area contributed by atoms with Crippen molar-refractivity contribution in [2.45, 2.75) is 32.4 Å². The lowest BCUT2D eigenvalue weighted by atomic mass is 9.91. The van der Waals surface area contributed by atoms with Crippen LogP contribution in [-0.4, -0.2) is 6.09 Å². The lowest BCUT2D eigenvalue weighted by Crippen LogP contribution is -2.38. The number of halogens is 2. The number of fused-ring (bicyclic) bond motifs is 1. The summed E-state index contributed by atoms with van der Waals surface area (Å²) in [4.78, 5) is 15.0. The van der Waals surface area contributed by atoms with Crippen molar-refractivity contribution in [1.29, 1.82) is 0 Å². The zero-order valence-corrected chi connectivity index (χ0v) is 18.4. The number of amides is 1. The topological polar surface area (TPSA) is 29.5 Å². The van der Waals surface area contributed by atoms with Gasteiger partial charge in [-0.3, -0.25) is 4.90 Å². The highest BCUT2D eigenvalue weighted by atomic mass is 79.9. The summed E-state index contributed by atoms with van der Waals surface area (Å²) in [6.45, 7) is 2.31. The molecule has 1 aliphatic heterocycles. The average Bonchev–Trinajstić information content (AvgIpc) is 2.73. The van der Waals surface area contributed by atoms with E-state index in [-0.39, 0.29) is 18.7 Å². The van der Waals surface area contributed by atoms with Crippen LogP contribution in [0.2, 0.25) is 5.02 Å². The molecule has 0 spiro atoms. The zero-order chi connectivity index (χ0) is 20.4. The Kier molecular flexibility index (Phi) is 5.93. The second-order valence-electron chi connectivity index (χ2n) is 7.25. The first-order chi connectivity index (χ1) is 14.0. The Morgan fingerprint density at radius 2 is 1.86 bits per heavy atom. The molecule has 0 aromatic heterocycles. The Morgan fingerprint density at radius 1 is 1.14 bits per heavy atom. The van der Waals surface area contributed by atoms with Crippen molar-refractivity contribution >= 4 is 39.3 Å². The van der Waals surface area contributed by atoms with Gasteiger partial charge < -0.3 is 4.74 Å². The first-order valence-corrected chi connectivity index (χ1v) is 10.7. The molecule has 1 unspecified atom stereocenters. The average molecular weight is 471 g/mol. The number of benzene rings is 3. The van der Waals surface area contributed by atoms with Gasteiger partial charge in [-0.15, -0.1) is 0 Å². The molecule has 0 N–H and O–H groups in total. The highest BCUT2D eigenvalue weighted by molar-refractivity contribution is 9.10. The van der Waals surface area contributed by atoms with Crippen LogP contribution in [0.5, 0.6) is 0 Å². The number of hydrogen-bond donors (Lipinski definition) is 0. The smallest absolute Gasteiger partial charge is 0.415 e. The minimum absolute atomic E-state index is 0.0994. The first-order valence-electron chi connectivity index (χ1n) is 9.57. The van der Waals surface area contributed by atoms with Crippen LogP contribution in [0.1, 0.15) is 34.7 Å². The van der Waals surface area contributed by atoms with Gasteiger partial charge in [0.2, 0.25) is 0 Å². The molecule has 4 rings (SSSR count). The highest BCUT2D eigenvalue weighted by Gasteiger charge is 2.33. The largest absolute Gasteiger partial charge is 0.444 e. The lowest BCUT2D eigenvalue weighted by molar-refractivity contribution is 0.143. The maximum absolute atomic E-state index is 13.2. The van der Waals surface area contributed by atoms with E-state index in [4.69, 9.17) is 16.3 Å². The number of aryl methyl sites for hydroxylation is 2. The number of anilines is 1. The van der Waals surface area contributed by atoms with E-state index in [1.165, 1.54) is 0 Å². The van der Waals surface area contributed by atoms with E-state index < -0.39 is 0 Å². The van der Waals surface area contributed by atoms with Crippen LogP contribution in [0.4, 0.5) is 10.5 Å². The second kappa shape index (κ2) is 8.60. The standard InChI is InChI=1S/C24H21BrClNO2/c1-16-13-19-9-12-22(18-7-10-20(26)11-8-18)27(23(19)14-21(16)25)24(28)29-15-17-5-3-2-4-6-17/h2-8,10-11,13-14,22H,9,12,15H2,1H3. The normalized spacial score (nSPS) is 15.7. The SMILES string of the molecule is Cc1cc2c(cc1Br)N(C(=O)OCc1ccccc1)C(c1ccc(Cl)cc1)CC2. The van der Waals surface area contributed by atoms with Gasteiger partial charge in [0.1, 0.15) is 6.61 Å². The van der Waals surface area contributed by atoms with Crippen molar-refractivity contribution in [3.8, 4) is 0 Å². The van der Waals surface area contributed by atoms with E-state index >= 15 is 0 Å². The molecule has 0 radical (unpaired) electrons. The van der Waals surface area contributed by atoms with E-state index in [1.54, 1.807) is 4.90 Å². The van der Waals surface area contributed by atoms with Crippen LogP contribution in [0.25, 0.3) is 0 Å². The van der Waals surface area contributed by atoms with E-state index in [0.29, 0.717) is 5.02 Å². The van der Waals surface area contributed by atoms with Gasteiger partial charge in [-0.25, -0.2) is 4.79 Å². The van der Waals surface area contributed by atoms with Gasteiger partial charge >= 0.3 is 6.09 Å². The predicted molar refractivity (Wildman–Crippen MR) is 120 cm³/mol. The van der Waals surface area contributed by atoms with Gasteiger partial charge in [0.05, 0.1) is 11.7 Å². The summed E-state index contributed by atoms with van der Waals surface area (Å²) in [5, 5.41) is 0.682. The number of nitrogens with zero attached hydrogens (tertiary/aromatic N) is 1. The fourth-order valence-electron chi connectivity index (χ4n) is 3.76. The molecule has 29 heavy (non-hydrogen) atoms. The molecular weight excluding hydrogens is 450 g/mol. The molecular formula is C24H21BrClNO2. The van der Waals surface area contributed by atoms with E-state index in [9.17, 15) is 4.79 Å². The third-order valence-electron chi connectivity index (χ3n) is 5.27. The predicted octanol–water partition coefficient (Wildman–Crippen LogP) is 7.24. The first kappa shape index (κ1) is 20.0. The van der Waals surface area contributed by atoms with Crippen LogP contribution in [-0.2, 0) is 17.8 Å². The summed E-state index contributed by atoms with van der Waals surface area (Å²) in [7, 11) is 0. The van der Waals surface area contributed by atoms with Crippen molar-refractivity contribution in [2.75, 3.05) is 4.90 Å². The van der Waals surface area contributed by atoms with E-state index in [0.717, 1.165) is 45.3 Å². The van der Waals surface area contributed by atoms with Gasteiger partial charge in [-0.2, -0.15) is 0 Å². The van der Waals surface area contributed by atoms with Crippen molar-refractivity contribution in [2.24, 2.45) is 0 Å². The number of ether oxygens (including phenoxy) is 1. The summed E-state index contributed by atoms with van der Waals surface area (Å²) < 4.78 is 6.70. The Morgan fingerprint density at radius 3 is 2.59 bits per heavy atom. The fraction of sp³-hybridized carbons (Fsp3) is 0.208. The molecule has 0 aliphatic carbocycles. The van der Waals surface area contributed by atoms with Gasteiger partial charge in [0.15, 0.2) is 0 Å². The molecule has 0 fully saturated rings. The third-order valence-corrected chi connectivity index (χ3v) is 6.38. The minimum Gasteiger partial charge on any atom is -0.444 e. The molecule has 5 heteroatoms. The monoisotopic (exact) mass is 469 g/mol. The minimum atomic E-state index is -0.342. The molecule has 1 heterocycles. The number of carbonyl (C=O) groups excluding carboxylic acids is 1. The zero-order valence-electron chi connectivity index (χ0n) is 16.1. The Hall–Kier alpha value is -2.30. The molecule has 0 saturated heterocycles. The second-order valence-corrected chi connectivity index (χ2v) is 8.54. The Labute approximate surface area is 184 Å². The fourth-order valence-corrected chi connectivity index (χ4v) is 4.22. The molecule has 1 amide bonds. The van der Waals surface area contributed by atoms with Crippen molar-refractivity contribution in [1.82, 2.24) is 0 Å². The highest BCUT2D eigenvalue weighted by Crippen LogP contribution is 2.41. The molecule has 0 saturated carbocycles. The molecule has 1 aliphatic rings.